The third kappa shape index (κ3) is 4.33. The van der Waals surface area contributed by atoms with Crippen molar-refractivity contribution >= 4 is 39.6 Å². The summed E-state index contributed by atoms with van der Waals surface area (Å²) in [7, 11) is 2.13. The molecule has 1 saturated heterocycles. The van der Waals surface area contributed by atoms with Gasteiger partial charge in [0.05, 0.1) is 5.69 Å². The molecule has 0 atom stereocenters. The molecule has 2 aromatic heterocycles. The third-order valence-electron chi connectivity index (χ3n) is 6.05. The molecule has 5 rings (SSSR count). The van der Waals surface area contributed by atoms with Crippen LogP contribution in [0.4, 0.5) is 22.7 Å². The van der Waals surface area contributed by atoms with Crippen LogP contribution in [0.5, 0.6) is 0 Å². The van der Waals surface area contributed by atoms with Gasteiger partial charge in [-0.1, -0.05) is 6.07 Å². The van der Waals surface area contributed by atoms with Crippen LogP contribution in [0.3, 0.4) is 0 Å². The normalized spacial score (nSPS) is 14.4. The topological polar surface area (TPSA) is 96.3 Å². The quantitative estimate of drug-likeness (QED) is 0.379. The largest absolute Gasteiger partial charge is 0.369 e. The predicted molar refractivity (Wildman–Crippen MR) is 133 cm³/mol. The number of fused-ring (bicyclic) bond motifs is 1. The number of anilines is 4. The Morgan fingerprint density at radius 1 is 0.879 bits per heavy atom. The number of likely N-dealkylation sites (N-methyl/N-ethyl adjacent to an activating group) is 1. The van der Waals surface area contributed by atoms with Gasteiger partial charge in [-0.3, -0.25) is 9.59 Å². The minimum absolute atomic E-state index is 0.0354. The number of aromatic nitrogens is 2. The van der Waals surface area contributed by atoms with Crippen LogP contribution < -0.4 is 21.1 Å². The van der Waals surface area contributed by atoms with E-state index in [1.54, 1.807) is 6.07 Å². The summed E-state index contributed by atoms with van der Waals surface area (Å²) in [6.07, 6.45) is 3.39. The van der Waals surface area contributed by atoms with Gasteiger partial charge < -0.3 is 30.4 Å². The van der Waals surface area contributed by atoms with Gasteiger partial charge in [0.2, 0.25) is 0 Å². The zero-order valence-electron chi connectivity index (χ0n) is 18.4. The summed E-state index contributed by atoms with van der Waals surface area (Å²) in [6, 6.07) is 17.2. The predicted octanol–water partition coefficient (Wildman–Crippen LogP) is 3.60. The van der Waals surface area contributed by atoms with Gasteiger partial charge in [0.1, 0.15) is 5.56 Å². The molecule has 2 aromatic carbocycles. The van der Waals surface area contributed by atoms with Gasteiger partial charge in [0.15, 0.2) is 0 Å². The summed E-state index contributed by atoms with van der Waals surface area (Å²) >= 11 is 0. The van der Waals surface area contributed by atoms with E-state index in [0.29, 0.717) is 11.4 Å². The van der Waals surface area contributed by atoms with Crippen molar-refractivity contribution in [2.45, 2.75) is 0 Å². The van der Waals surface area contributed by atoms with Gasteiger partial charge in [-0.2, -0.15) is 0 Å². The zero-order chi connectivity index (χ0) is 22.8. The Bertz CT molecular complexity index is 1330. The molecule has 4 N–H and O–H groups in total. The van der Waals surface area contributed by atoms with E-state index >= 15 is 0 Å². The van der Waals surface area contributed by atoms with Crippen molar-refractivity contribution in [3.63, 3.8) is 0 Å². The van der Waals surface area contributed by atoms with Crippen LogP contribution in [-0.2, 0) is 0 Å². The van der Waals surface area contributed by atoms with Crippen LogP contribution in [0, 0.1) is 0 Å². The van der Waals surface area contributed by atoms with Gasteiger partial charge >= 0.3 is 0 Å². The molecule has 3 heterocycles. The maximum absolute atomic E-state index is 13.1. The van der Waals surface area contributed by atoms with Crippen LogP contribution in [0.15, 0.2) is 71.8 Å². The van der Waals surface area contributed by atoms with Crippen molar-refractivity contribution in [1.29, 1.82) is 0 Å². The van der Waals surface area contributed by atoms with E-state index in [1.807, 2.05) is 54.7 Å². The lowest BCUT2D eigenvalue weighted by atomic mass is 10.1. The number of amides is 1. The Labute approximate surface area is 191 Å². The highest BCUT2D eigenvalue weighted by Crippen LogP contribution is 2.27. The first-order valence-corrected chi connectivity index (χ1v) is 11.0. The average Bonchev–Trinajstić information content (AvgIpc) is 3.30. The Hall–Kier alpha value is -4.04. The molecule has 8 heteroatoms. The van der Waals surface area contributed by atoms with Gasteiger partial charge in [0.25, 0.3) is 11.5 Å². The lowest BCUT2D eigenvalue weighted by Gasteiger charge is -2.34. The first kappa shape index (κ1) is 20.8. The van der Waals surface area contributed by atoms with Gasteiger partial charge in [-0.05, 0) is 55.6 Å². The molecule has 0 aliphatic carbocycles. The molecular formula is C25H26N6O2. The van der Waals surface area contributed by atoms with E-state index < -0.39 is 11.5 Å². The molecule has 8 nitrogen and oxygen atoms in total. The van der Waals surface area contributed by atoms with Crippen molar-refractivity contribution in [1.82, 2.24) is 14.9 Å². The number of benzene rings is 2. The third-order valence-corrected chi connectivity index (χ3v) is 6.05. The molecule has 0 spiro atoms. The molecule has 0 radical (unpaired) electrons. The first-order chi connectivity index (χ1) is 16.1. The monoisotopic (exact) mass is 442 g/mol. The van der Waals surface area contributed by atoms with Gasteiger partial charge in [-0.15, -0.1) is 0 Å². The number of nitrogens with zero attached hydrogens (tertiary/aromatic N) is 2. The SMILES string of the molecule is CN1CCN(c2ccc(NC(=O)c3c(Nc4cccc5[nH]ccc45)cc[nH]c3=O)cc2)CC1. The van der Waals surface area contributed by atoms with Crippen molar-refractivity contribution in [2.24, 2.45) is 0 Å². The van der Waals surface area contributed by atoms with E-state index in [9.17, 15) is 9.59 Å². The van der Waals surface area contributed by atoms with Crippen molar-refractivity contribution in [3.8, 4) is 0 Å². The summed E-state index contributed by atoms with van der Waals surface area (Å²) < 4.78 is 0. The van der Waals surface area contributed by atoms with Crippen molar-refractivity contribution in [3.05, 3.63) is 82.9 Å². The second-order valence-corrected chi connectivity index (χ2v) is 8.26. The van der Waals surface area contributed by atoms with Crippen molar-refractivity contribution < 1.29 is 4.79 Å². The van der Waals surface area contributed by atoms with Crippen molar-refractivity contribution in [2.75, 3.05) is 48.8 Å². The summed E-state index contributed by atoms with van der Waals surface area (Å²) in [5, 5.41) is 7.09. The number of hydrogen-bond acceptors (Lipinski definition) is 5. The van der Waals surface area contributed by atoms with Crippen LogP contribution in [0.2, 0.25) is 0 Å². The highest BCUT2D eigenvalue weighted by atomic mass is 16.2. The summed E-state index contributed by atoms with van der Waals surface area (Å²) in [6.45, 7) is 4.01. The molecule has 0 saturated carbocycles. The lowest BCUT2D eigenvalue weighted by Crippen LogP contribution is -2.44. The van der Waals surface area contributed by atoms with Crippen LogP contribution in [0.25, 0.3) is 10.9 Å². The first-order valence-electron chi connectivity index (χ1n) is 11.0. The molecule has 1 amide bonds. The highest BCUT2D eigenvalue weighted by molar-refractivity contribution is 6.08. The number of aromatic amines is 2. The summed E-state index contributed by atoms with van der Waals surface area (Å²) in [4.78, 5) is 36.1. The van der Waals surface area contributed by atoms with E-state index in [1.165, 1.54) is 6.20 Å². The standard InChI is InChI=1S/C25H26N6O2/c1-30-13-15-31(16-14-30)18-7-5-17(6-8-18)28-25(33)23-22(10-12-27-24(23)32)29-21-4-2-3-20-19(21)9-11-26-20/h2-12,26H,13-16H2,1H3,(H,28,33)(H2,27,29,32). The maximum atomic E-state index is 13.1. The molecule has 0 unspecified atom stereocenters. The fourth-order valence-electron chi connectivity index (χ4n) is 4.16. The Morgan fingerprint density at radius 3 is 2.42 bits per heavy atom. The number of nitrogens with one attached hydrogen (secondary N) is 4. The number of rotatable bonds is 5. The molecule has 1 aliphatic heterocycles. The molecule has 1 fully saturated rings. The van der Waals surface area contributed by atoms with Gasteiger partial charge in [0, 0.05) is 66.5 Å². The van der Waals surface area contributed by atoms with Crippen LogP contribution >= 0.6 is 0 Å². The average molecular weight is 443 g/mol. The molecule has 0 bridgehead atoms. The number of pyridine rings is 1. The molecule has 4 aromatic rings. The zero-order valence-corrected chi connectivity index (χ0v) is 18.4. The molecule has 1 aliphatic rings. The summed E-state index contributed by atoms with van der Waals surface area (Å²) in [5.74, 6) is -0.465. The molecule has 168 valence electrons. The number of piperazine rings is 1. The van der Waals surface area contributed by atoms with E-state index in [2.05, 4.69) is 37.4 Å². The van der Waals surface area contributed by atoms with Gasteiger partial charge in [-0.25, -0.2) is 0 Å². The van der Waals surface area contributed by atoms with E-state index in [4.69, 9.17) is 0 Å². The summed E-state index contributed by atoms with van der Waals surface area (Å²) in [5.41, 5.74) is 3.57. The van der Waals surface area contributed by atoms with Crippen LogP contribution in [0.1, 0.15) is 10.4 Å². The second-order valence-electron chi connectivity index (χ2n) is 8.26. The lowest BCUT2D eigenvalue weighted by molar-refractivity contribution is 0.102. The molecule has 33 heavy (non-hydrogen) atoms. The van der Waals surface area contributed by atoms with Crippen LogP contribution in [-0.4, -0.2) is 54.0 Å². The second kappa shape index (κ2) is 8.84. The highest BCUT2D eigenvalue weighted by Gasteiger charge is 2.18. The number of H-pyrrole nitrogens is 2. The fraction of sp³-hybridized carbons (Fsp3) is 0.200. The van der Waals surface area contributed by atoms with E-state index in [0.717, 1.165) is 48.5 Å². The minimum atomic E-state index is -0.465. The number of carbonyl (C=O) groups excluding carboxylic acids is 1. The molecular weight excluding hydrogens is 416 g/mol. The maximum Gasteiger partial charge on any atom is 0.263 e. The van der Waals surface area contributed by atoms with E-state index in [-0.39, 0.29) is 5.56 Å². The Balaban J connectivity index is 1.36. The number of carbonyl (C=O) groups is 1. The minimum Gasteiger partial charge on any atom is -0.369 e. The number of hydrogen-bond donors (Lipinski definition) is 4. The smallest absolute Gasteiger partial charge is 0.263 e. The fourth-order valence-corrected chi connectivity index (χ4v) is 4.16. The Kier molecular flexibility index (Phi) is 5.58. The Morgan fingerprint density at radius 2 is 1.64 bits per heavy atom.